The Bertz CT molecular complexity index is 660. The first-order chi connectivity index (χ1) is 9.70. The van der Waals surface area contributed by atoms with E-state index in [4.69, 9.17) is 5.73 Å². The van der Waals surface area contributed by atoms with E-state index < -0.39 is 21.4 Å². The third-order valence-electron chi connectivity index (χ3n) is 3.47. The number of hydrogen-bond acceptors (Lipinski definition) is 4. The summed E-state index contributed by atoms with van der Waals surface area (Å²) in [6, 6.07) is 3.67. The molecule has 0 spiro atoms. The summed E-state index contributed by atoms with van der Waals surface area (Å²) >= 11 is 0. The quantitative estimate of drug-likeness (QED) is 0.770. The van der Waals surface area contributed by atoms with E-state index in [2.05, 4.69) is 10.0 Å². The molecule has 1 saturated carbocycles. The summed E-state index contributed by atoms with van der Waals surface area (Å²) in [5.74, 6) is -1.06. The van der Waals surface area contributed by atoms with Crippen molar-refractivity contribution in [1.29, 1.82) is 0 Å². The fraction of sp³-hybridized carbons (Fsp3) is 0.462. The number of nitrogens with one attached hydrogen (secondary N) is 2. The fourth-order valence-electron chi connectivity index (χ4n) is 2.37. The molecule has 9 heteroatoms. The van der Waals surface area contributed by atoms with Crippen molar-refractivity contribution in [2.75, 3.05) is 16.3 Å². The van der Waals surface area contributed by atoms with E-state index in [-0.39, 0.29) is 24.0 Å². The predicted octanol–water partition coefficient (Wildman–Crippen LogP) is 1.83. The van der Waals surface area contributed by atoms with Crippen molar-refractivity contribution in [1.82, 2.24) is 0 Å². The molecule has 4 N–H and O–H groups in total. The summed E-state index contributed by atoms with van der Waals surface area (Å²) in [7, 11) is -3.60. The lowest BCUT2D eigenvalue weighted by Crippen LogP contribution is -2.48. The molecule has 2 rings (SSSR count). The van der Waals surface area contributed by atoms with Gasteiger partial charge in [-0.25, -0.2) is 12.8 Å². The first-order valence-electron chi connectivity index (χ1n) is 6.57. The minimum absolute atomic E-state index is 0. The average Bonchev–Trinajstić information content (AvgIpc) is 2.80. The smallest absolute Gasteiger partial charge is 0.244 e. The topological polar surface area (TPSA) is 101 Å². The van der Waals surface area contributed by atoms with E-state index in [1.54, 1.807) is 0 Å². The molecule has 124 valence electrons. The van der Waals surface area contributed by atoms with Crippen LogP contribution in [0.4, 0.5) is 15.8 Å². The summed E-state index contributed by atoms with van der Waals surface area (Å²) in [6.45, 7) is 0. The van der Waals surface area contributed by atoms with Crippen molar-refractivity contribution in [3.05, 3.63) is 24.0 Å². The van der Waals surface area contributed by atoms with Gasteiger partial charge in [0.05, 0.1) is 17.5 Å². The zero-order valence-electron chi connectivity index (χ0n) is 12.1. The maximum absolute atomic E-state index is 13.5. The molecule has 0 heterocycles. The number of rotatable bonds is 4. The van der Waals surface area contributed by atoms with Gasteiger partial charge in [0.2, 0.25) is 15.9 Å². The Morgan fingerprint density at radius 2 is 1.91 bits per heavy atom. The van der Waals surface area contributed by atoms with Crippen LogP contribution in [-0.2, 0) is 14.8 Å². The van der Waals surface area contributed by atoms with E-state index in [9.17, 15) is 17.6 Å². The van der Waals surface area contributed by atoms with Crippen LogP contribution in [0.25, 0.3) is 0 Å². The highest BCUT2D eigenvalue weighted by molar-refractivity contribution is 7.92. The van der Waals surface area contributed by atoms with Crippen LogP contribution >= 0.6 is 12.4 Å². The highest BCUT2D eigenvalue weighted by Crippen LogP contribution is 2.29. The first-order valence-corrected chi connectivity index (χ1v) is 8.46. The Labute approximate surface area is 135 Å². The molecule has 0 aliphatic heterocycles. The second kappa shape index (κ2) is 6.80. The molecule has 1 fully saturated rings. The van der Waals surface area contributed by atoms with Gasteiger partial charge in [0.1, 0.15) is 5.82 Å². The number of carbonyl (C=O) groups excluding carboxylic acids is 1. The number of sulfonamides is 1. The molecule has 0 unspecified atom stereocenters. The number of nitrogens with two attached hydrogens (primary N) is 1. The van der Waals surface area contributed by atoms with Crippen LogP contribution in [0.15, 0.2) is 18.2 Å². The summed E-state index contributed by atoms with van der Waals surface area (Å²) in [4.78, 5) is 12.1. The van der Waals surface area contributed by atoms with Crippen LogP contribution in [-0.4, -0.2) is 26.1 Å². The number of carbonyl (C=O) groups is 1. The van der Waals surface area contributed by atoms with Crippen LogP contribution in [0.2, 0.25) is 0 Å². The Morgan fingerprint density at radius 3 is 2.45 bits per heavy atom. The normalized spacial score (nSPS) is 16.7. The average molecular weight is 352 g/mol. The lowest BCUT2D eigenvalue weighted by atomic mass is 9.98. The minimum atomic E-state index is -3.60. The molecule has 0 atom stereocenters. The zero-order chi connectivity index (χ0) is 15.7. The summed E-state index contributed by atoms with van der Waals surface area (Å²) in [5, 5.41) is 2.61. The second-order valence-electron chi connectivity index (χ2n) is 5.39. The van der Waals surface area contributed by atoms with Gasteiger partial charge in [0.25, 0.3) is 0 Å². The number of amides is 1. The van der Waals surface area contributed by atoms with E-state index in [1.807, 2.05) is 0 Å². The largest absolute Gasteiger partial charge is 0.324 e. The number of anilines is 2. The number of hydrogen-bond donors (Lipinski definition) is 3. The van der Waals surface area contributed by atoms with Gasteiger partial charge in [-0.05, 0) is 31.0 Å². The highest BCUT2D eigenvalue weighted by Gasteiger charge is 2.37. The maximum Gasteiger partial charge on any atom is 0.244 e. The zero-order valence-corrected chi connectivity index (χ0v) is 13.7. The molecular weight excluding hydrogens is 333 g/mol. The molecule has 1 aromatic rings. The van der Waals surface area contributed by atoms with Crippen molar-refractivity contribution in [3.8, 4) is 0 Å². The predicted molar refractivity (Wildman–Crippen MR) is 86.1 cm³/mol. The molecule has 0 saturated heterocycles. The molecular formula is C13H19ClFN3O3S. The monoisotopic (exact) mass is 351 g/mol. The molecule has 1 aliphatic rings. The summed E-state index contributed by atoms with van der Waals surface area (Å²) < 4.78 is 37.9. The van der Waals surface area contributed by atoms with Crippen molar-refractivity contribution < 1.29 is 17.6 Å². The van der Waals surface area contributed by atoms with Crippen molar-refractivity contribution in [2.45, 2.75) is 31.2 Å². The van der Waals surface area contributed by atoms with Gasteiger partial charge in [-0.15, -0.1) is 12.4 Å². The Kier molecular flexibility index (Phi) is 5.77. The molecule has 0 bridgehead atoms. The molecule has 22 heavy (non-hydrogen) atoms. The molecule has 6 nitrogen and oxygen atoms in total. The van der Waals surface area contributed by atoms with Gasteiger partial charge >= 0.3 is 0 Å². The molecule has 1 aromatic carbocycles. The second-order valence-corrected chi connectivity index (χ2v) is 7.13. The van der Waals surface area contributed by atoms with Crippen LogP contribution in [0.3, 0.4) is 0 Å². The number of benzene rings is 1. The van der Waals surface area contributed by atoms with Gasteiger partial charge in [0, 0.05) is 5.69 Å². The van der Waals surface area contributed by atoms with E-state index in [1.165, 1.54) is 12.1 Å². The van der Waals surface area contributed by atoms with Crippen LogP contribution in [0.1, 0.15) is 25.7 Å². The van der Waals surface area contributed by atoms with E-state index in [0.29, 0.717) is 18.5 Å². The van der Waals surface area contributed by atoms with Crippen molar-refractivity contribution in [3.63, 3.8) is 0 Å². The molecule has 0 radical (unpaired) electrons. The van der Waals surface area contributed by atoms with Crippen molar-refractivity contribution >= 4 is 39.7 Å². The maximum atomic E-state index is 13.5. The fourth-order valence-corrected chi connectivity index (χ4v) is 2.93. The van der Waals surface area contributed by atoms with Crippen LogP contribution < -0.4 is 15.8 Å². The van der Waals surface area contributed by atoms with E-state index in [0.717, 1.165) is 25.2 Å². The number of halogens is 2. The van der Waals surface area contributed by atoms with Gasteiger partial charge in [-0.1, -0.05) is 12.8 Å². The third-order valence-corrected chi connectivity index (χ3v) is 4.06. The molecule has 1 amide bonds. The summed E-state index contributed by atoms with van der Waals surface area (Å²) in [5.41, 5.74) is 5.20. The third kappa shape index (κ3) is 4.56. The summed E-state index contributed by atoms with van der Waals surface area (Å²) in [6.07, 6.45) is 3.93. The van der Waals surface area contributed by atoms with Crippen molar-refractivity contribution in [2.24, 2.45) is 5.73 Å². The van der Waals surface area contributed by atoms with E-state index >= 15 is 0 Å². The van der Waals surface area contributed by atoms with Gasteiger partial charge in [-0.2, -0.15) is 0 Å². The lowest BCUT2D eigenvalue weighted by molar-refractivity contribution is -0.121. The SMILES string of the molecule is CS(=O)(=O)Nc1cc(NC(=O)C2(N)CCCC2)ccc1F.Cl. The molecule has 0 aromatic heterocycles. The minimum Gasteiger partial charge on any atom is -0.324 e. The van der Waals surface area contributed by atoms with Gasteiger partial charge in [-0.3, -0.25) is 9.52 Å². The Hall–Kier alpha value is -1.38. The Balaban J connectivity index is 0.00000242. The van der Waals surface area contributed by atoms with Crippen LogP contribution in [0, 0.1) is 5.82 Å². The standard InChI is InChI=1S/C13H18FN3O3S.ClH/c1-21(19,20)17-11-8-9(4-5-10(11)14)16-12(18)13(15)6-2-3-7-13;/h4-5,8,17H,2-3,6-7,15H2,1H3,(H,16,18);1H. The van der Waals surface area contributed by atoms with Gasteiger partial charge in [0.15, 0.2) is 0 Å². The first kappa shape index (κ1) is 18.7. The highest BCUT2D eigenvalue weighted by atomic mass is 35.5. The van der Waals surface area contributed by atoms with Crippen LogP contribution in [0.5, 0.6) is 0 Å². The van der Waals surface area contributed by atoms with Gasteiger partial charge < -0.3 is 11.1 Å². The lowest BCUT2D eigenvalue weighted by Gasteiger charge is -2.22. The molecule has 1 aliphatic carbocycles. The Morgan fingerprint density at radius 1 is 1.32 bits per heavy atom.